The molecule has 4 nitrogen and oxygen atoms in total. The Morgan fingerprint density at radius 1 is 1.41 bits per heavy atom. The first-order valence-electron chi connectivity index (χ1n) is 7.62. The minimum absolute atomic E-state index is 0.109. The quantitative estimate of drug-likeness (QED) is 0.893. The highest BCUT2D eigenvalue weighted by Crippen LogP contribution is 2.24. The molecule has 1 aliphatic heterocycles. The second-order valence-corrected chi connectivity index (χ2v) is 6.77. The van der Waals surface area contributed by atoms with Crippen molar-refractivity contribution in [2.45, 2.75) is 25.8 Å². The lowest BCUT2D eigenvalue weighted by Crippen LogP contribution is -2.47. The van der Waals surface area contributed by atoms with Crippen molar-refractivity contribution in [3.63, 3.8) is 0 Å². The smallest absolute Gasteiger partial charge is 0.254 e. The molecule has 1 saturated heterocycles. The standard InChI is InChI=1S/C17H20BrN3O/c1-11-8-15(14-6-5-12(18)9-16(14)20-11)17(22)21-7-3-4-13(10-21)19-2/h5-6,8-9,13,19H,3-4,7,10H2,1-2H3/t13-/m0/s1. The van der Waals surface area contributed by atoms with E-state index in [9.17, 15) is 4.79 Å². The molecule has 1 aliphatic rings. The van der Waals surface area contributed by atoms with Gasteiger partial charge in [-0.1, -0.05) is 22.0 Å². The van der Waals surface area contributed by atoms with Gasteiger partial charge in [0.15, 0.2) is 0 Å². The van der Waals surface area contributed by atoms with Crippen LogP contribution in [0.1, 0.15) is 28.9 Å². The normalized spacial score (nSPS) is 18.7. The SMILES string of the molecule is CN[C@H]1CCCN(C(=O)c2cc(C)nc3cc(Br)ccc23)C1. The summed E-state index contributed by atoms with van der Waals surface area (Å²) in [5.74, 6) is 0.109. The van der Waals surface area contributed by atoms with E-state index >= 15 is 0 Å². The van der Waals surface area contributed by atoms with Crippen LogP contribution in [0.3, 0.4) is 0 Å². The molecule has 0 radical (unpaired) electrons. The number of aromatic nitrogens is 1. The zero-order valence-electron chi connectivity index (χ0n) is 12.9. The maximum atomic E-state index is 13.0. The number of carbonyl (C=O) groups is 1. The number of benzene rings is 1. The van der Waals surface area contributed by atoms with Gasteiger partial charge < -0.3 is 10.2 Å². The van der Waals surface area contributed by atoms with Crippen LogP contribution in [0.25, 0.3) is 10.9 Å². The summed E-state index contributed by atoms with van der Waals surface area (Å²) in [6, 6.07) is 8.19. The van der Waals surface area contributed by atoms with Crippen molar-refractivity contribution in [3.8, 4) is 0 Å². The molecule has 2 heterocycles. The molecule has 3 rings (SSSR count). The summed E-state index contributed by atoms with van der Waals surface area (Å²) in [6.45, 7) is 3.54. The molecule has 1 fully saturated rings. The van der Waals surface area contributed by atoms with E-state index in [1.165, 1.54) is 0 Å². The number of pyridine rings is 1. The molecule has 5 heteroatoms. The van der Waals surface area contributed by atoms with Crippen LogP contribution in [0.5, 0.6) is 0 Å². The molecule has 0 spiro atoms. The van der Waals surface area contributed by atoms with E-state index in [4.69, 9.17) is 0 Å². The number of hydrogen-bond donors (Lipinski definition) is 1. The van der Waals surface area contributed by atoms with Gasteiger partial charge in [0.2, 0.25) is 0 Å². The van der Waals surface area contributed by atoms with E-state index in [0.717, 1.165) is 52.6 Å². The fourth-order valence-electron chi connectivity index (χ4n) is 3.08. The van der Waals surface area contributed by atoms with Crippen molar-refractivity contribution in [2.75, 3.05) is 20.1 Å². The number of nitrogens with zero attached hydrogens (tertiary/aromatic N) is 2. The van der Waals surface area contributed by atoms with Crippen LogP contribution in [-0.4, -0.2) is 42.0 Å². The van der Waals surface area contributed by atoms with Crippen molar-refractivity contribution in [2.24, 2.45) is 0 Å². The highest BCUT2D eigenvalue weighted by Gasteiger charge is 2.25. The summed E-state index contributed by atoms with van der Waals surface area (Å²) < 4.78 is 0.977. The highest BCUT2D eigenvalue weighted by molar-refractivity contribution is 9.10. The minimum Gasteiger partial charge on any atom is -0.337 e. The first-order chi connectivity index (χ1) is 10.6. The van der Waals surface area contributed by atoms with Crippen LogP contribution >= 0.6 is 15.9 Å². The molecule has 2 aromatic rings. The number of likely N-dealkylation sites (tertiary alicyclic amines) is 1. The Hall–Kier alpha value is -1.46. The van der Waals surface area contributed by atoms with Crippen LogP contribution < -0.4 is 5.32 Å². The van der Waals surface area contributed by atoms with Crippen LogP contribution in [-0.2, 0) is 0 Å². The molecule has 0 aliphatic carbocycles. The number of fused-ring (bicyclic) bond motifs is 1. The van der Waals surface area contributed by atoms with Crippen LogP contribution in [0.2, 0.25) is 0 Å². The molecule has 116 valence electrons. The van der Waals surface area contributed by atoms with Crippen molar-refractivity contribution in [1.82, 2.24) is 15.2 Å². The Kier molecular flexibility index (Phi) is 4.45. The summed E-state index contributed by atoms with van der Waals surface area (Å²) >= 11 is 3.47. The summed E-state index contributed by atoms with van der Waals surface area (Å²) in [6.07, 6.45) is 2.17. The summed E-state index contributed by atoms with van der Waals surface area (Å²) in [5, 5.41) is 4.21. The van der Waals surface area contributed by atoms with E-state index in [-0.39, 0.29) is 5.91 Å². The van der Waals surface area contributed by atoms with Crippen molar-refractivity contribution < 1.29 is 4.79 Å². The second kappa shape index (κ2) is 6.34. The van der Waals surface area contributed by atoms with Gasteiger partial charge in [-0.25, -0.2) is 0 Å². The van der Waals surface area contributed by atoms with Gasteiger partial charge in [0, 0.05) is 34.7 Å². The monoisotopic (exact) mass is 361 g/mol. The third kappa shape index (κ3) is 3.01. The molecule has 0 bridgehead atoms. The molecule has 0 unspecified atom stereocenters. The van der Waals surface area contributed by atoms with Gasteiger partial charge in [0.25, 0.3) is 5.91 Å². The van der Waals surface area contributed by atoms with Crippen LogP contribution in [0.4, 0.5) is 0 Å². The Morgan fingerprint density at radius 3 is 3.00 bits per heavy atom. The van der Waals surface area contributed by atoms with E-state index in [1.54, 1.807) is 0 Å². The number of rotatable bonds is 2. The summed E-state index contributed by atoms with van der Waals surface area (Å²) in [5.41, 5.74) is 2.49. The second-order valence-electron chi connectivity index (χ2n) is 5.85. The number of hydrogen-bond acceptors (Lipinski definition) is 3. The number of likely N-dealkylation sites (N-methyl/N-ethyl adjacent to an activating group) is 1. The molecular weight excluding hydrogens is 342 g/mol. The summed E-state index contributed by atoms with van der Waals surface area (Å²) in [7, 11) is 1.96. The van der Waals surface area contributed by atoms with E-state index in [1.807, 2.05) is 43.1 Å². The zero-order valence-corrected chi connectivity index (χ0v) is 14.5. The van der Waals surface area contributed by atoms with Crippen molar-refractivity contribution >= 4 is 32.7 Å². The van der Waals surface area contributed by atoms with Crippen molar-refractivity contribution in [1.29, 1.82) is 0 Å². The lowest BCUT2D eigenvalue weighted by molar-refractivity contribution is 0.0700. The maximum Gasteiger partial charge on any atom is 0.254 e. The third-order valence-electron chi connectivity index (χ3n) is 4.25. The predicted octanol–water partition coefficient (Wildman–Crippen LogP) is 3.13. The number of halogens is 1. The largest absolute Gasteiger partial charge is 0.337 e. The van der Waals surface area contributed by atoms with Gasteiger partial charge in [-0.3, -0.25) is 9.78 Å². The number of amides is 1. The first-order valence-corrected chi connectivity index (χ1v) is 8.41. The van der Waals surface area contributed by atoms with Gasteiger partial charge in [0.05, 0.1) is 11.1 Å². The average molecular weight is 362 g/mol. The zero-order chi connectivity index (χ0) is 15.7. The van der Waals surface area contributed by atoms with Gasteiger partial charge >= 0.3 is 0 Å². The number of piperidine rings is 1. The fourth-order valence-corrected chi connectivity index (χ4v) is 3.43. The van der Waals surface area contributed by atoms with Crippen molar-refractivity contribution in [3.05, 3.63) is 40.0 Å². The fraction of sp³-hybridized carbons (Fsp3) is 0.412. The first kappa shape index (κ1) is 15.4. The minimum atomic E-state index is 0.109. The van der Waals surface area contributed by atoms with Gasteiger partial charge in [-0.15, -0.1) is 0 Å². The average Bonchev–Trinajstić information content (AvgIpc) is 2.53. The lowest BCUT2D eigenvalue weighted by Gasteiger charge is -2.33. The molecular formula is C17H20BrN3O. The Labute approximate surface area is 139 Å². The topological polar surface area (TPSA) is 45.2 Å². The molecule has 0 saturated carbocycles. The number of nitrogens with one attached hydrogen (secondary N) is 1. The Bertz CT molecular complexity index is 711. The van der Waals surface area contributed by atoms with E-state index < -0.39 is 0 Å². The number of aryl methyl sites for hydroxylation is 1. The molecule has 1 atom stereocenters. The van der Waals surface area contributed by atoms with Gasteiger partial charge in [0.1, 0.15) is 0 Å². The van der Waals surface area contributed by atoms with E-state index in [0.29, 0.717) is 6.04 Å². The Balaban J connectivity index is 2.00. The van der Waals surface area contributed by atoms with Crippen LogP contribution in [0.15, 0.2) is 28.7 Å². The van der Waals surface area contributed by atoms with Crippen LogP contribution in [0, 0.1) is 6.92 Å². The molecule has 1 aromatic carbocycles. The van der Waals surface area contributed by atoms with Gasteiger partial charge in [-0.2, -0.15) is 0 Å². The number of carbonyl (C=O) groups excluding carboxylic acids is 1. The molecule has 22 heavy (non-hydrogen) atoms. The molecule has 1 aromatic heterocycles. The lowest BCUT2D eigenvalue weighted by atomic mass is 10.0. The Morgan fingerprint density at radius 2 is 2.23 bits per heavy atom. The third-order valence-corrected chi connectivity index (χ3v) is 4.74. The van der Waals surface area contributed by atoms with E-state index in [2.05, 4.69) is 26.2 Å². The molecule has 1 amide bonds. The maximum absolute atomic E-state index is 13.0. The predicted molar refractivity (Wildman–Crippen MR) is 92.2 cm³/mol. The van der Waals surface area contributed by atoms with Gasteiger partial charge in [-0.05, 0) is 45.0 Å². The summed E-state index contributed by atoms with van der Waals surface area (Å²) in [4.78, 5) is 19.5. The highest BCUT2D eigenvalue weighted by atomic mass is 79.9. The molecule has 1 N–H and O–H groups in total.